The summed E-state index contributed by atoms with van der Waals surface area (Å²) < 4.78 is 0. The van der Waals surface area contributed by atoms with E-state index in [0.29, 0.717) is 22.2 Å². The third-order valence-electron chi connectivity index (χ3n) is 13.9. The first-order valence-corrected chi connectivity index (χ1v) is 14.2. The molecule has 5 fully saturated rings. The molecule has 0 heterocycles. The molecular formula is C30H52O2. The van der Waals surface area contributed by atoms with E-state index in [0.717, 1.165) is 42.4 Å². The van der Waals surface area contributed by atoms with Crippen LogP contribution in [-0.2, 0) is 0 Å². The fourth-order valence-corrected chi connectivity index (χ4v) is 11.8. The SMILES string of the molecule is CC(C)C1CCC2(C)CC[C@@]3(C)C(CCC4C5(C)CCC(O)C(C)(CO)C5CCC43C)C12. The molecule has 5 saturated carbocycles. The van der Waals surface area contributed by atoms with Crippen molar-refractivity contribution in [3.05, 3.63) is 0 Å². The van der Waals surface area contributed by atoms with Crippen molar-refractivity contribution in [1.29, 1.82) is 0 Å². The van der Waals surface area contributed by atoms with Gasteiger partial charge in [0.15, 0.2) is 0 Å². The van der Waals surface area contributed by atoms with Gasteiger partial charge in [-0.3, -0.25) is 0 Å². The van der Waals surface area contributed by atoms with Gasteiger partial charge in [-0.25, -0.2) is 0 Å². The number of fused-ring (bicyclic) bond motifs is 7. The quantitative estimate of drug-likeness (QED) is 0.478. The highest BCUT2D eigenvalue weighted by atomic mass is 16.3. The topological polar surface area (TPSA) is 40.5 Å². The molecule has 5 aliphatic carbocycles. The average molecular weight is 445 g/mol. The summed E-state index contributed by atoms with van der Waals surface area (Å²) in [5, 5.41) is 21.4. The van der Waals surface area contributed by atoms with Crippen molar-refractivity contribution < 1.29 is 10.2 Å². The van der Waals surface area contributed by atoms with E-state index < -0.39 is 0 Å². The molecule has 0 aliphatic heterocycles. The maximum Gasteiger partial charge on any atom is 0.0618 e. The number of rotatable bonds is 2. The molecule has 0 spiro atoms. The van der Waals surface area contributed by atoms with Crippen molar-refractivity contribution in [3.8, 4) is 0 Å². The molecule has 0 aromatic rings. The van der Waals surface area contributed by atoms with Crippen molar-refractivity contribution in [1.82, 2.24) is 0 Å². The summed E-state index contributed by atoms with van der Waals surface area (Å²) >= 11 is 0. The first-order chi connectivity index (χ1) is 14.9. The minimum atomic E-state index is -0.345. The molecule has 0 aromatic heterocycles. The van der Waals surface area contributed by atoms with E-state index in [9.17, 15) is 10.2 Å². The van der Waals surface area contributed by atoms with Gasteiger partial charge in [0.1, 0.15) is 0 Å². The third kappa shape index (κ3) is 2.72. The molecule has 2 N–H and O–H groups in total. The van der Waals surface area contributed by atoms with E-state index in [-0.39, 0.29) is 23.5 Å². The van der Waals surface area contributed by atoms with Gasteiger partial charge in [0.05, 0.1) is 12.7 Å². The lowest BCUT2D eigenvalue weighted by atomic mass is 9.32. The second-order valence-electron chi connectivity index (χ2n) is 15.0. The van der Waals surface area contributed by atoms with Crippen LogP contribution in [0.3, 0.4) is 0 Å². The van der Waals surface area contributed by atoms with Crippen LogP contribution >= 0.6 is 0 Å². The molecule has 184 valence electrons. The Bertz CT molecular complexity index is 747. The minimum absolute atomic E-state index is 0.133. The Morgan fingerprint density at radius 3 is 2.12 bits per heavy atom. The standard InChI is InChI=1S/C30H52O2/c1-19(2)20-10-13-26(3)16-17-29(6)21(25(20)26)8-9-23-27(4)14-12-24(32)28(5,18-31)22(27)11-15-30(23,29)7/h19-25,31-32H,8-18H2,1-7H3/t20?,21?,22?,23?,24?,25?,26?,27?,28?,29-,30?/m0/s1. The van der Waals surface area contributed by atoms with Crippen molar-refractivity contribution in [2.75, 3.05) is 6.61 Å². The summed E-state index contributed by atoms with van der Waals surface area (Å²) in [7, 11) is 0. The zero-order valence-corrected chi connectivity index (χ0v) is 22.2. The normalized spacial score (nSPS) is 59.8. The van der Waals surface area contributed by atoms with Gasteiger partial charge in [-0.1, -0.05) is 48.5 Å². The molecule has 2 nitrogen and oxygen atoms in total. The lowest BCUT2D eigenvalue weighted by molar-refractivity contribution is -0.254. The van der Waals surface area contributed by atoms with Crippen molar-refractivity contribution in [3.63, 3.8) is 0 Å². The summed E-state index contributed by atoms with van der Waals surface area (Å²) in [4.78, 5) is 0. The van der Waals surface area contributed by atoms with Gasteiger partial charge in [0, 0.05) is 5.41 Å². The van der Waals surface area contributed by atoms with Crippen LogP contribution in [0.5, 0.6) is 0 Å². The molecule has 11 atom stereocenters. The van der Waals surface area contributed by atoms with Gasteiger partial charge >= 0.3 is 0 Å². The van der Waals surface area contributed by atoms with Gasteiger partial charge in [-0.15, -0.1) is 0 Å². The molecule has 5 rings (SSSR count). The number of hydrogen-bond donors (Lipinski definition) is 2. The Morgan fingerprint density at radius 2 is 1.47 bits per heavy atom. The molecule has 32 heavy (non-hydrogen) atoms. The van der Waals surface area contributed by atoms with Crippen LogP contribution < -0.4 is 0 Å². The second kappa shape index (κ2) is 7.22. The Balaban J connectivity index is 1.54. The first kappa shape index (κ1) is 23.7. The summed E-state index contributed by atoms with van der Waals surface area (Å²) in [6.07, 6.45) is 12.7. The minimum Gasteiger partial charge on any atom is -0.396 e. The van der Waals surface area contributed by atoms with Gasteiger partial charge in [0.25, 0.3) is 0 Å². The van der Waals surface area contributed by atoms with Gasteiger partial charge in [0.2, 0.25) is 0 Å². The van der Waals surface area contributed by atoms with Crippen molar-refractivity contribution in [2.45, 2.75) is 119 Å². The summed E-state index contributed by atoms with van der Waals surface area (Å²) in [5.74, 6) is 4.71. The molecule has 10 unspecified atom stereocenters. The lowest BCUT2D eigenvalue weighted by Gasteiger charge is -2.73. The van der Waals surface area contributed by atoms with Crippen LogP contribution in [0.1, 0.15) is 113 Å². The maximum absolute atomic E-state index is 10.9. The van der Waals surface area contributed by atoms with Crippen LogP contribution in [0.2, 0.25) is 0 Å². The highest BCUT2D eigenvalue weighted by molar-refractivity contribution is 5.19. The maximum atomic E-state index is 10.9. The van der Waals surface area contributed by atoms with Crippen LogP contribution in [0.15, 0.2) is 0 Å². The predicted octanol–water partition coefficient (Wildman–Crippen LogP) is 7.08. The van der Waals surface area contributed by atoms with E-state index in [1.807, 2.05) is 0 Å². The molecule has 2 heteroatoms. The number of aliphatic hydroxyl groups is 2. The van der Waals surface area contributed by atoms with E-state index >= 15 is 0 Å². The number of aliphatic hydroxyl groups excluding tert-OH is 2. The molecule has 0 aromatic carbocycles. The lowest BCUT2D eigenvalue weighted by Crippen LogP contribution is -2.67. The monoisotopic (exact) mass is 444 g/mol. The van der Waals surface area contributed by atoms with Crippen molar-refractivity contribution in [2.24, 2.45) is 62.6 Å². The van der Waals surface area contributed by atoms with Crippen molar-refractivity contribution >= 4 is 0 Å². The fourth-order valence-electron chi connectivity index (χ4n) is 11.8. The Morgan fingerprint density at radius 1 is 0.750 bits per heavy atom. The summed E-state index contributed by atoms with van der Waals surface area (Å²) in [6, 6.07) is 0. The highest BCUT2D eigenvalue weighted by Crippen LogP contribution is 2.77. The van der Waals surface area contributed by atoms with Gasteiger partial charge in [-0.05, 0) is 121 Å². The molecule has 0 amide bonds. The third-order valence-corrected chi connectivity index (χ3v) is 13.9. The first-order valence-electron chi connectivity index (χ1n) is 14.2. The van der Waals surface area contributed by atoms with E-state index in [1.54, 1.807) is 0 Å². The second-order valence-corrected chi connectivity index (χ2v) is 15.0. The Kier molecular flexibility index (Phi) is 5.34. The Labute approximate surface area is 198 Å². The predicted molar refractivity (Wildman–Crippen MR) is 132 cm³/mol. The fraction of sp³-hybridized carbons (Fsp3) is 1.00. The van der Waals surface area contributed by atoms with E-state index in [1.165, 1.54) is 51.4 Å². The molecule has 0 bridgehead atoms. The highest BCUT2D eigenvalue weighted by Gasteiger charge is 2.70. The smallest absolute Gasteiger partial charge is 0.0618 e. The van der Waals surface area contributed by atoms with Gasteiger partial charge in [-0.2, -0.15) is 0 Å². The zero-order valence-electron chi connectivity index (χ0n) is 22.2. The molecule has 0 saturated heterocycles. The van der Waals surface area contributed by atoms with Crippen LogP contribution in [0.25, 0.3) is 0 Å². The Hall–Kier alpha value is -0.0800. The van der Waals surface area contributed by atoms with E-state index in [2.05, 4.69) is 48.5 Å². The van der Waals surface area contributed by atoms with Gasteiger partial charge < -0.3 is 10.2 Å². The van der Waals surface area contributed by atoms with Crippen LogP contribution in [-0.4, -0.2) is 22.9 Å². The molecule has 5 aliphatic rings. The molecular weight excluding hydrogens is 392 g/mol. The number of hydrogen-bond acceptors (Lipinski definition) is 2. The van der Waals surface area contributed by atoms with E-state index in [4.69, 9.17) is 0 Å². The molecule has 0 radical (unpaired) electrons. The largest absolute Gasteiger partial charge is 0.396 e. The average Bonchev–Trinajstić information content (AvgIpc) is 3.09. The zero-order chi connectivity index (χ0) is 23.3. The van der Waals surface area contributed by atoms with Crippen LogP contribution in [0, 0.1) is 62.6 Å². The summed E-state index contributed by atoms with van der Waals surface area (Å²) in [5.41, 5.74) is 1.34. The van der Waals surface area contributed by atoms with Crippen LogP contribution in [0.4, 0.5) is 0 Å². The summed E-state index contributed by atoms with van der Waals surface area (Å²) in [6.45, 7) is 18.0.